The summed E-state index contributed by atoms with van der Waals surface area (Å²) in [5.41, 5.74) is 23.6. The van der Waals surface area contributed by atoms with Crippen molar-refractivity contribution in [3.05, 3.63) is 170 Å². The molecule has 4 heteroatoms. The molecular weight excluding hydrogens is 715 g/mol. The summed E-state index contributed by atoms with van der Waals surface area (Å²) in [7, 11) is 0. The van der Waals surface area contributed by atoms with Gasteiger partial charge in [-0.25, -0.2) is 4.79 Å². The number of carbonyl (C=O) groups is 1. The normalized spacial score (nSPS) is 15.4. The van der Waals surface area contributed by atoms with Crippen LogP contribution in [0, 0.1) is 34.6 Å². The van der Waals surface area contributed by atoms with Crippen molar-refractivity contribution in [2.24, 2.45) is 0 Å². The van der Waals surface area contributed by atoms with Gasteiger partial charge in [-0.05, 0) is 135 Å². The fourth-order valence-electron chi connectivity index (χ4n) is 11.5. The Morgan fingerprint density at radius 3 is 1.63 bits per heavy atom. The van der Waals surface area contributed by atoms with E-state index in [2.05, 4.69) is 195 Å². The third-order valence-electron chi connectivity index (χ3n) is 15.0. The highest BCUT2D eigenvalue weighted by Crippen LogP contribution is 2.65. The first kappa shape index (κ1) is 36.2. The number of urea groups is 1. The molecule has 59 heavy (non-hydrogen) atoms. The molecule has 3 nitrogen and oxygen atoms in total. The second kappa shape index (κ2) is 11.7. The molecule has 0 aromatic heterocycles. The minimum atomic E-state index is -0.624. The molecule has 3 aliphatic heterocycles. The van der Waals surface area contributed by atoms with Crippen molar-refractivity contribution in [3.8, 4) is 11.1 Å². The summed E-state index contributed by atoms with van der Waals surface area (Å²) in [6, 6.07) is 41.1. The van der Waals surface area contributed by atoms with Gasteiger partial charge < -0.3 is 0 Å². The van der Waals surface area contributed by atoms with Gasteiger partial charge in [-0.1, -0.05) is 155 Å². The van der Waals surface area contributed by atoms with E-state index in [9.17, 15) is 0 Å². The maximum absolute atomic E-state index is 16.1. The van der Waals surface area contributed by atoms with Gasteiger partial charge in [0.15, 0.2) is 0 Å². The molecule has 2 amide bonds. The first-order valence-corrected chi connectivity index (χ1v) is 21.4. The summed E-state index contributed by atoms with van der Waals surface area (Å²) < 4.78 is 0. The lowest BCUT2D eigenvalue weighted by atomic mass is 9.33. The summed E-state index contributed by atoms with van der Waals surface area (Å²) in [4.78, 5) is 20.3. The van der Waals surface area contributed by atoms with Crippen molar-refractivity contribution in [2.45, 2.75) is 92.4 Å². The molecule has 0 fully saturated rings. The predicted octanol–water partition coefficient (Wildman–Crippen LogP) is 11.9. The molecule has 7 aromatic rings. The molecular formula is C55H51BN2O. The van der Waals surface area contributed by atoms with E-state index in [-0.39, 0.29) is 23.6 Å². The topological polar surface area (TPSA) is 23.6 Å². The Morgan fingerprint density at radius 2 is 1.02 bits per heavy atom. The van der Waals surface area contributed by atoms with Crippen LogP contribution < -0.4 is 26.2 Å². The number of nitrogens with zero attached hydrogens (tertiary/aromatic N) is 2. The van der Waals surface area contributed by atoms with Crippen LogP contribution in [0.5, 0.6) is 0 Å². The first-order valence-electron chi connectivity index (χ1n) is 21.4. The van der Waals surface area contributed by atoms with Crippen LogP contribution in [0.3, 0.4) is 0 Å². The fourth-order valence-corrected chi connectivity index (χ4v) is 11.5. The predicted molar refractivity (Wildman–Crippen MR) is 250 cm³/mol. The summed E-state index contributed by atoms with van der Waals surface area (Å²) in [6.45, 7) is 25.1. The van der Waals surface area contributed by atoms with Gasteiger partial charge >= 0.3 is 6.03 Å². The van der Waals surface area contributed by atoms with Crippen LogP contribution >= 0.6 is 0 Å². The van der Waals surface area contributed by atoms with Crippen LogP contribution in [-0.2, 0) is 16.2 Å². The number of benzene rings is 7. The van der Waals surface area contributed by atoms with Gasteiger partial charge in [0.1, 0.15) is 0 Å². The molecule has 4 aliphatic rings. The molecule has 0 bridgehead atoms. The Morgan fingerprint density at radius 1 is 0.492 bits per heavy atom. The Labute approximate surface area is 349 Å². The average Bonchev–Trinajstić information content (AvgIpc) is 3.51. The molecule has 3 heterocycles. The largest absolute Gasteiger partial charge is 0.338 e. The maximum atomic E-state index is 16.1. The number of fused-ring (bicyclic) bond motifs is 11. The Balaban J connectivity index is 1.33. The second-order valence-electron chi connectivity index (χ2n) is 19.8. The van der Waals surface area contributed by atoms with E-state index in [4.69, 9.17) is 0 Å². The summed E-state index contributed by atoms with van der Waals surface area (Å²) in [5.74, 6) is 0. The van der Waals surface area contributed by atoms with E-state index in [1.165, 1.54) is 83.1 Å². The second-order valence-corrected chi connectivity index (χ2v) is 19.8. The standard InChI is InChI=1S/C55H51BN2O/c1-30-31(2)33(4)49(34(5)32(30)3)56-44-25-21-35-20-24-42-50-48(35)51(44)58(47-27-23-37(29-45(47)56)54(9,10)11)52(59)57(50)46-26-22-36(53(6,7)8)28-43(46)55(42)40-18-14-12-16-38(40)39-17-13-15-19-41(39)55/h12-29H,1-11H3. The van der Waals surface area contributed by atoms with Crippen molar-refractivity contribution < 1.29 is 4.79 Å². The molecule has 290 valence electrons. The Bertz CT molecular complexity index is 2990. The van der Waals surface area contributed by atoms with E-state index in [1.54, 1.807) is 0 Å². The van der Waals surface area contributed by atoms with E-state index in [1.807, 2.05) is 0 Å². The van der Waals surface area contributed by atoms with Crippen LogP contribution in [0.2, 0.25) is 0 Å². The molecule has 0 N–H and O–H groups in total. The van der Waals surface area contributed by atoms with Crippen molar-refractivity contribution in [1.82, 2.24) is 0 Å². The highest BCUT2D eigenvalue weighted by atomic mass is 16.2. The van der Waals surface area contributed by atoms with Crippen LogP contribution in [0.1, 0.15) is 103 Å². The van der Waals surface area contributed by atoms with Crippen LogP contribution in [0.15, 0.2) is 109 Å². The number of anilines is 4. The Kier molecular flexibility index (Phi) is 7.16. The monoisotopic (exact) mass is 766 g/mol. The third kappa shape index (κ3) is 4.42. The zero-order chi connectivity index (χ0) is 41.2. The maximum Gasteiger partial charge on any atom is 0.338 e. The minimum Gasteiger partial charge on any atom is -0.263 e. The van der Waals surface area contributed by atoms with Crippen molar-refractivity contribution in [3.63, 3.8) is 0 Å². The highest BCUT2D eigenvalue weighted by Gasteiger charge is 2.56. The SMILES string of the molecule is Cc1c(C)c(C)c(B2c3cc(C(C)(C)C)ccc3N3C(=O)N4c5ccc(C(C)(C)C)cc5C5(c6ccccc6-c6ccccc65)c5ccc6ccc2c3c6c54)c(C)c1C. The van der Waals surface area contributed by atoms with E-state index < -0.39 is 5.41 Å². The number of carbonyl (C=O) groups excluding carboxylic acids is 1. The van der Waals surface area contributed by atoms with Gasteiger partial charge in [0.05, 0.1) is 22.5 Å². The van der Waals surface area contributed by atoms with Crippen molar-refractivity contribution in [2.75, 3.05) is 9.80 Å². The van der Waals surface area contributed by atoms with Gasteiger partial charge in [-0.15, -0.1) is 0 Å². The summed E-state index contributed by atoms with van der Waals surface area (Å²) in [5, 5.41) is 2.30. The van der Waals surface area contributed by atoms with E-state index in [0.717, 1.165) is 39.1 Å². The molecule has 1 aliphatic carbocycles. The van der Waals surface area contributed by atoms with Gasteiger partial charge in [-0.2, -0.15) is 0 Å². The highest BCUT2D eigenvalue weighted by molar-refractivity contribution is 6.99. The zero-order valence-corrected chi connectivity index (χ0v) is 36.3. The minimum absolute atomic E-state index is 0.0224. The van der Waals surface area contributed by atoms with Crippen LogP contribution in [-0.4, -0.2) is 12.7 Å². The van der Waals surface area contributed by atoms with E-state index in [0.29, 0.717) is 0 Å². The third-order valence-corrected chi connectivity index (χ3v) is 15.0. The molecule has 7 aromatic carbocycles. The molecule has 1 spiro atoms. The molecule has 0 radical (unpaired) electrons. The zero-order valence-electron chi connectivity index (χ0n) is 36.3. The number of rotatable bonds is 1. The van der Waals surface area contributed by atoms with Crippen molar-refractivity contribution >= 4 is 62.7 Å². The smallest absolute Gasteiger partial charge is 0.263 e. The lowest BCUT2D eigenvalue weighted by molar-refractivity contribution is 0.255. The lowest BCUT2D eigenvalue weighted by Crippen LogP contribution is -2.62. The number of hydrogen-bond acceptors (Lipinski definition) is 1. The molecule has 11 rings (SSSR count). The molecule has 0 atom stereocenters. The van der Waals surface area contributed by atoms with Crippen LogP contribution in [0.4, 0.5) is 27.5 Å². The lowest BCUT2D eigenvalue weighted by Gasteiger charge is -2.50. The number of amides is 2. The first-order chi connectivity index (χ1) is 28.1. The number of hydrogen-bond donors (Lipinski definition) is 0. The molecule has 0 unspecified atom stereocenters. The quantitative estimate of drug-likeness (QED) is 0.153. The summed E-state index contributed by atoms with van der Waals surface area (Å²) in [6.07, 6.45) is 0. The van der Waals surface area contributed by atoms with Crippen LogP contribution in [0.25, 0.3) is 21.9 Å². The van der Waals surface area contributed by atoms with Gasteiger partial charge in [0, 0.05) is 11.1 Å². The van der Waals surface area contributed by atoms with Gasteiger partial charge in [0.2, 0.25) is 6.71 Å². The summed E-state index contributed by atoms with van der Waals surface area (Å²) >= 11 is 0. The average molecular weight is 767 g/mol. The molecule has 0 saturated heterocycles. The van der Waals surface area contributed by atoms with Crippen molar-refractivity contribution in [1.29, 1.82) is 0 Å². The van der Waals surface area contributed by atoms with Gasteiger partial charge in [0.25, 0.3) is 0 Å². The Hall–Kier alpha value is -5.87. The van der Waals surface area contributed by atoms with E-state index >= 15 is 4.79 Å². The van der Waals surface area contributed by atoms with Gasteiger partial charge in [-0.3, -0.25) is 9.80 Å². The molecule has 0 saturated carbocycles. The fraction of sp³-hybridized carbons (Fsp3) is 0.255.